The fourth-order valence-corrected chi connectivity index (χ4v) is 6.23. The predicted octanol–water partition coefficient (Wildman–Crippen LogP) is 5.50. The van der Waals surface area contributed by atoms with Gasteiger partial charge in [0.15, 0.2) is 11.5 Å². The van der Waals surface area contributed by atoms with E-state index in [1.807, 2.05) is 33.8 Å². The zero-order valence-electron chi connectivity index (χ0n) is 25.7. The van der Waals surface area contributed by atoms with Crippen molar-refractivity contribution in [3.05, 3.63) is 82.4 Å². The van der Waals surface area contributed by atoms with Gasteiger partial charge in [-0.15, -0.1) is 0 Å². The standard InChI is InChI=1S/C32H40ClN3O6S/c1-8-23(4)34-32(38)24(5)35(19-25-10-9-11-26(33)17-25)31(37)20-36(27-15-21(2)14-22(3)16-27)43(39,40)28-12-13-29(41-6)30(18-28)42-7/h9-18,23-24H,8,19-20H2,1-7H3,(H,34,38)/t23-,24+/m1/s1. The maximum Gasteiger partial charge on any atom is 0.264 e. The fourth-order valence-electron chi connectivity index (χ4n) is 4.61. The monoisotopic (exact) mass is 629 g/mol. The van der Waals surface area contributed by atoms with Crippen LogP contribution in [-0.4, -0.2) is 58.0 Å². The van der Waals surface area contributed by atoms with Crippen molar-refractivity contribution in [2.24, 2.45) is 0 Å². The lowest BCUT2D eigenvalue weighted by atomic mass is 10.1. The number of carbonyl (C=O) groups excluding carboxylic acids is 2. The number of rotatable bonds is 13. The summed E-state index contributed by atoms with van der Waals surface area (Å²) < 4.78 is 40.2. The van der Waals surface area contributed by atoms with Gasteiger partial charge in [-0.1, -0.05) is 36.7 Å². The molecule has 0 heterocycles. The zero-order chi connectivity index (χ0) is 31.9. The van der Waals surface area contributed by atoms with Crippen molar-refractivity contribution in [3.63, 3.8) is 0 Å². The molecule has 0 aliphatic rings. The third-order valence-corrected chi connectivity index (χ3v) is 9.13. The second kappa shape index (κ2) is 14.6. The third-order valence-electron chi connectivity index (χ3n) is 7.13. The SMILES string of the molecule is CC[C@@H](C)NC(=O)[C@H](C)N(Cc1cccc(Cl)c1)C(=O)CN(c1cc(C)cc(C)c1)S(=O)(=O)c1ccc(OC)c(OC)c1. The van der Waals surface area contributed by atoms with Gasteiger partial charge in [-0.05, 0) is 87.2 Å². The summed E-state index contributed by atoms with van der Waals surface area (Å²) in [5, 5.41) is 3.41. The second-order valence-corrected chi connectivity index (χ2v) is 12.8. The summed E-state index contributed by atoms with van der Waals surface area (Å²) in [5.41, 5.74) is 2.67. The molecule has 0 bridgehead atoms. The number of anilines is 1. The van der Waals surface area contributed by atoms with Crippen LogP contribution in [0.15, 0.2) is 65.6 Å². The molecule has 2 atom stereocenters. The number of carbonyl (C=O) groups is 2. The van der Waals surface area contributed by atoms with Crippen molar-refractivity contribution < 1.29 is 27.5 Å². The van der Waals surface area contributed by atoms with Gasteiger partial charge in [-0.3, -0.25) is 13.9 Å². The van der Waals surface area contributed by atoms with Gasteiger partial charge in [0.1, 0.15) is 12.6 Å². The lowest BCUT2D eigenvalue weighted by Crippen LogP contribution is -2.52. The molecule has 2 amide bonds. The van der Waals surface area contributed by atoms with Gasteiger partial charge in [-0.25, -0.2) is 8.42 Å². The number of ether oxygens (including phenoxy) is 2. The highest BCUT2D eigenvalue weighted by Gasteiger charge is 2.33. The summed E-state index contributed by atoms with van der Waals surface area (Å²) in [6.45, 7) is 8.66. The molecule has 11 heteroatoms. The Labute approximate surface area is 259 Å². The highest BCUT2D eigenvalue weighted by atomic mass is 35.5. The predicted molar refractivity (Wildman–Crippen MR) is 169 cm³/mol. The van der Waals surface area contributed by atoms with Gasteiger partial charge in [-0.2, -0.15) is 0 Å². The van der Waals surface area contributed by atoms with Crippen molar-refractivity contribution in [2.45, 2.75) is 64.6 Å². The molecule has 0 radical (unpaired) electrons. The molecule has 0 aliphatic carbocycles. The van der Waals surface area contributed by atoms with E-state index in [-0.39, 0.29) is 29.1 Å². The second-order valence-electron chi connectivity index (χ2n) is 10.5. The fraction of sp³-hybridized carbons (Fsp3) is 0.375. The maximum atomic E-state index is 14.2. The first-order chi connectivity index (χ1) is 20.3. The average Bonchev–Trinajstić information content (AvgIpc) is 2.96. The summed E-state index contributed by atoms with van der Waals surface area (Å²) >= 11 is 6.22. The van der Waals surface area contributed by atoms with Gasteiger partial charge < -0.3 is 19.7 Å². The number of nitrogens with zero attached hydrogens (tertiary/aromatic N) is 2. The van der Waals surface area contributed by atoms with E-state index >= 15 is 0 Å². The number of sulfonamides is 1. The minimum absolute atomic E-state index is 0.0472. The molecule has 43 heavy (non-hydrogen) atoms. The first kappa shape index (κ1) is 33.7. The molecule has 0 spiro atoms. The van der Waals surface area contributed by atoms with Crippen LogP contribution < -0.4 is 19.1 Å². The topological polar surface area (TPSA) is 105 Å². The van der Waals surface area contributed by atoms with E-state index in [0.29, 0.717) is 28.4 Å². The smallest absolute Gasteiger partial charge is 0.264 e. The summed E-state index contributed by atoms with van der Waals surface area (Å²) in [6.07, 6.45) is 0.713. The van der Waals surface area contributed by atoms with Crippen molar-refractivity contribution >= 4 is 39.1 Å². The van der Waals surface area contributed by atoms with Crippen LogP contribution in [0.25, 0.3) is 0 Å². The van der Waals surface area contributed by atoms with Crippen LogP contribution in [0.5, 0.6) is 11.5 Å². The van der Waals surface area contributed by atoms with Crippen molar-refractivity contribution in [1.82, 2.24) is 10.2 Å². The summed E-state index contributed by atoms with van der Waals surface area (Å²) in [7, 11) is -1.42. The number of methoxy groups -OCH3 is 2. The molecular weight excluding hydrogens is 590 g/mol. The normalized spacial score (nSPS) is 12.7. The number of hydrogen-bond donors (Lipinski definition) is 1. The van der Waals surface area contributed by atoms with Gasteiger partial charge >= 0.3 is 0 Å². The Kier molecular flexibility index (Phi) is 11.5. The molecule has 0 aromatic heterocycles. The van der Waals surface area contributed by atoms with E-state index in [1.54, 1.807) is 43.3 Å². The number of aryl methyl sites for hydroxylation is 2. The van der Waals surface area contributed by atoms with Crippen LogP contribution in [0.1, 0.15) is 43.9 Å². The molecule has 0 fully saturated rings. The molecular formula is C32H40ClN3O6S. The molecule has 0 saturated carbocycles. The number of hydrogen-bond acceptors (Lipinski definition) is 6. The van der Waals surface area contributed by atoms with E-state index in [1.165, 1.54) is 37.3 Å². The van der Waals surface area contributed by atoms with E-state index < -0.39 is 28.5 Å². The summed E-state index contributed by atoms with van der Waals surface area (Å²) in [5.74, 6) is -0.307. The molecule has 0 saturated heterocycles. The Morgan fingerprint density at radius 3 is 2.16 bits per heavy atom. The van der Waals surface area contributed by atoms with E-state index in [2.05, 4.69) is 5.32 Å². The van der Waals surface area contributed by atoms with Crippen LogP contribution in [-0.2, 0) is 26.2 Å². The minimum atomic E-state index is -4.29. The Morgan fingerprint density at radius 2 is 1.58 bits per heavy atom. The largest absolute Gasteiger partial charge is 0.493 e. The Balaban J connectivity index is 2.11. The van der Waals surface area contributed by atoms with Crippen LogP contribution in [0.3, 0.4) is 0 Å². The summed E-state index contributed by atoms with van der Waals surface area (Å²) in [4.78, 5) is 28.7. The van der Waals surface area contributed by atoms with Crippen LogP contribution in [0.4, 0.5) is 5.69 Å². The van der Waals surface area contributed by atoms with Crippen LogP contribution in [0.2, 0.25) is 5.02 Å². The number of nitrogens with one attached hydrogen (secondary N) is 1. The first-order valence-corrected chi connectivity index (χ1v) is 15.8. The maximum absolute atomic E-state index is 14.2. The van der Waals surface area contributed by atoms with Crippen LogP contribution >= 0.6 is 11.6 Å². The van der Waals surface area contributed by atoms with Crippen molar-refractivity contribution in [2.75, 3.05) is 25.1 Å². The van der Waals surface area contributed by atoms with Gasteiger partial charge in [0.2, 0.25) is 11.8 Å². The molecule has 1 N–H and O–H groups in total. The Hall–Kier alpha value is -3.76. The lowest BCUT2D eigenvalue weighted by Gasteiger charge is -2.32. The Bertz CT molecular complexity index is 1540. The molecule has 0 aliphatic heterocycles. The zero-order valence-corrected chi connectivity index (χ0v) is 27.3. The van der Waals surface area contributed by atoms with Crippen molar-refractivity contribution in [3.8, 4) is 11.5 Å². The quantitative estimate of drug-likeness (QED) is 0.268. The molecule has 9 nitrogen and oxygen atoms in total. The van der Waals surface area contributed by atoms with E-state index in [0.717, 1.165) is 15.4 Å². The van der Waals surface area contributed by atoms with Crippen LogP contribution in [0, 0.1) is 13.8 Å². The Morgan fingerprint density at radius 1 is 0.930 bits per heavy atom. The van der Waals surface area contributed by atoms with Gasteiger partial charge in [0.05, 0.1) is 24.8 Å². The first-order valence-electron chi connectivity index (χ1n) is 14.0. The molecule has 3 aromatic rings. The average molecular weight is 630 g/mol. The summed E-state index contributed by atoms with van der Waals surface area (Å²) in [6, 6.07) is 15.6. The molecule has 3 rings (SSSR count). The van der Waals surface area contributed by atoms with E-state index in [4.69, 9.17) is 21.1 Å². The number of halogens is 1. The highest BCUT2D eigenvalue weighted by Crippen LogP contribution is 2.33. The molecule has 232 valence electrons. The number of amides is 2. The highest BCUT2D eigenvalue weighted by molar-refractivity contribution is 7.92. The minimum Gasteiger partial charge on any atom is -0.493 e. The molecule has 0 unspecified atom stereocenters. The van der Waals surface area contributed by atoms with Gasteiger partial charge in [0, 0.05) is 23.7 Å². The van der Waals surface area contributed by atoms with E-state index in [9.17, 15) is 18.0 Å². The lowest BCUT2D eigenvalue weighted by molar-refractivity contribution is -0.139. The number of benzene rings is 3. The third kappa shape index (κ3) is 8.42. The molecule has 3 aromatic carbocycles. The van der Waals surface area contributed by atoms with Crippen molar-refractivity contribution in [1.29, 1.82) is 0 Å². The van der Waals surface area contributed by atoms with Gasteiger partial charge in [0.25, 0.3) is 10.0 Å².